The molecule has 1 aromatic heterocycles. The molecule has 23 heavy (non-hydrogen) atoms. The number of likely N-dealkylation sites (tertiary alicyclic amines) is 1. The highest BCUT2D eigenvalue weighted by atomic mass is 16.4. The van der Waals surface area contributed by atoms with Crippen LogP contribution in [-0.2, 0) is 4.79 Å². The lowest BCUT2D eigenvalue weighted by molar-refractivity contribution is -0.137. The normalized spacial score (nSPS) is 18.3. The number of fused-ring (bicyclic) bond motifs is 1. The summed E-state index contributed by atoms with van der Waals surface area (Å²) in [4.78, 5) is 25.2. The molecule has 5 heteroatoms. The van der Waals surface area contributed by atoms with Gasteiger partial charge in [0.15, 0.2) is 5.76 Å². The molecule has 3 rings (SSSR count). The minimum absolute atomic E-state index is 0.0983. The Balaban J connectivity index is 1.71. The standard InChI is InChI=1S/C18H21NO4/c1-12-4-6-15-14(9-12)10-16(23-15)18(22)19-8-2-3-13(11-19)5-7-17(20)21/h4,6,9-10,13H,2-3,5,7-8,11H2,1H3,(H,20,21). The Kier molecular flexibility index (Phi) is 4.37. The number of aliphatic carboxylic acids is 1. The van der Waals surface area contributed by atoms with Crippen LogP contribution in [-0.4, -0.2) is 35.0 Å². The lowest BCUT2D eigenvalue weighted by Crippen LogP contribution is -2.39. The van der Waals surface area contributed by atoms with Crippen molar-refractivity contribution in [3.05, 3.63) is 35.6 Å². The molecule has 2 heterocycles. The number of rotatable bonds is 4. The van der Waals surface area contributed by atoms with Gasteiger partial charge >= 0.3 is 5.97 Å². The van der Waals surface area contributed by atoms with Gasteiger partial charge in [0.25, 0.3) is 5.91 Å². The molecule has 1 amide bonds. The van der Waals surface area contributed by atoms with Crippen molar-refractivity contribution in [2.45, 2.75) is 32.6 Å². The van der Waals surface area contributed by atoms with E-state index < -0.39 is 5.97 Å². The van der Waals surface area contributed by atoms with Crippen molar-refractivity contribution in [1.82, 2.24) is 4.90 Å². The van der Waals surface area contributed by atoms with E-state index in [4.69, 9.17) is 9.52 Å². The van der Waals surface area contributed by atoms with Gasteiger partial charge < -0.3 is 14.4 Å². The fourth-order valence-electron chi connectivity index (χ4n) is 3.24. The molecule has 0 aliphatic carbocycles. The molecule has 1 fully saturated rings. The predicted molar refractivity (Wildman–Crippen MR) is 86.4 cm³/mol. The molecule has 0 spiro atoms. The number of carboxylic acids is 1. The third kappa shape index (κ3) is 3.55. The summed E-state index contributed by atoms with van der Waals surface area (Å²) in [5.41, 5.74) is 1.85. The molecule has 5 nitrogen and oxygen atoms in total. The van der Waals surface area contributed by atoms with Gasteiger partial charge in [-0.25, -0.2) is 0 Å². The van der Waals surface area contributed by atoms with Crippen LogP contribution in [0.5, 0.6) is 0 Å². The minimum atomic E-state index is -0.777. The van der Waals surface area contributed by atoms with Gasteiger partial charge in [-0.2, -0.15) is 0 Å². The van der Waals surface area contributed by atoms with Crippen molar-refractivity contribution in [3.8, 4) is 0 Å². The summed E-state index contributed by atoms with van der Waals surface area (Å²) >= 11 is 0. The fraction of sp³-hybridized carbons (Fsp3) is 0.444. The van der Waals surface area contributed by atoms with Crippen molar-refractivity contribution in [1.29, 1.82) is 0 Å². The Morgan fingerprint density at radius 2 is 2.17 bits per heavy atom. The van der Waals surface area contributed by atoms with E-state index in [1.807, 2.05) is 25.1 Å². The quantitative estimate of drug-likeness (QED) is 0.938. The second-order valence-corrected chi connectivity index (χ2v) is 6.34. The SMILES string of the molecule is Cc1ccc2oc(C(=O)N3CCCC(CCC(=O)O)C3)cc2c1. The molecule has 0 saturated carbocycles. The van der Waals surface area contributed by atoms with Crippen LogP contribution >= 0.6 is 0 Å². The van der Waals surface area contributed by atoms with Crippen LogP contribution in [0.1, 0.15) is 41.8 Å². The molecule has 1 saturated heterocycles. The zero-order valence-corrected chi connectivity index (χ0v) is 13.2. The summed E-state index contributed by atoms with van der Waals surface area (Å²) in [5, 5.41) is 9.74. The number of furan rings is 1. The monoisotopic (exact) mass is 315 g/mol. The summed E-state index contributed by atoms with van der Waals surface area (Å²) in [6.07, 6.45) is 2.68. The molecule has 1 unspecified atom stereocenters. The van der Waals surface area contributed by atoms with Crippen LogP contribution in [0.15, 0.2) is 28.7 Å². The topological polar surface area (TPSA) is 70.8 Å². The number of carbonyl (C=O) groups excluding carboxylic acids is 1. The summed E-state index contributed by atoms with van der Waals surface area (Å²) in [6.45, 7) is 3.33. The molecule has 1 aliphatic rings. The molecule has 1 N–H and O–H groups in total. The first-order chi connectivity index (χ1) is 11.0. The maximum Gasteiger partial charge on any atom is 0.303 e. The molecule has 1 atom stereocenters. The van der Waals surface area contributed by atoms with E-state index in [-0.39, 0.29) is 18.2 Å². The van der Waals surface area contributed by atoms with Gasteiger partial charge in [-0.1, -0.05) is 11.6 Å². The number of piperidine rings is 1. The molecular formula is C18H21NO4. The van der Waals surface area contributed by atoms with Gasteiger partial charge in [0.2, 0.25) is 0 Å². The zero-order valence-electron chi connectivity index (χ0n) is 13.2. The number of amides is 1. The number of carboxylic acid groups (broad SMARTS) is 1. The lowest BCUT2D eigenvalue weighted by Gasteiger charge is -2.32. The molecule has 1 aliphatic heterocycles. The van der Waals surface area contributed by atoms with Gasteiger partial charge in [0.05, 0.1) is 0 Å². The maximum absolute atomic E-state index is 12.7. The van der Waals surface area contributed by atoms with E-state index in [1.54, 1.807) is 11.0 Å². The Hall–Kier alpha value is -2.30. The highest BCUT2D eigenvalue weighted by molar-refractivity contribution is 5.96. The van der Waals surface area contributed by atoms with Crippen molar-refractivity contribution >= 4 is 22.8 Å². The number of carbonyl (C=O) groups is 2. The summed E-state index contributed by atoms with van der Waals surface area (Å²) in [5.74, 6) is -0.250. The summed E-state index contributed by atoms with van der Waals surface area (Å²) in [7, 11) is 0. The first-order valence-electron chi connectivity index (χ1n) is 8.04. The molecular weight excluding hydrogens is 294 g/mol. The van der Waals surface area contributed by atoms with Crippen LogP contribution in [0, 0.1) is 12.8 Å². The third-order valence-electron chi connectivity index (χ3n) is 4.46. The minimum Gasteiger partial charge on any atom is -0.481 e. The Labute approximate surface area is 134 Å². The van der Waals surface area contributed by atoms with Crippen molar-refractivity contribution < 1.29 is 19.1 Å². The largest absolute Gasteiger partial charge is 0.481 e. The van der Waals surface area contributed by atoms with Crippen LogP contribution in [0.3, 0.4) is 0 Å². The number of hydrogen-bond donors (Lipinski definition) is 1. The number of benzene rings is 1. The molecule has 0 radical (unpaired) electrons. The van der Waals surface area contributed by atoms with Gasteiger partial charge in [-0.15, -0.1) is 0 Å². The Morgan fingerprint density at radius 3 is 2.96 bits per heavy atom. The smallest absolute Gasteiger partial charge is 0.303 e. The number of nitrogens with zero attached hydrogens (tertiary/aromatic N) is 1. The third-order valence-corrected chi connectivity index (χ3v) is 4.46. The lowest BCUT2D eigenvalue weighted by atomic mass is 9.93. The average Bonchev–Trinajstić information content (AvgIpc) is 2.95. The Morgan fingerprint density at radius 1 is 1.35 bits per heavy atom. The van der Waals surface area contributed by atoms with Crippen LogP contribution in [0.25, 0.3) is 11.0 Å². The summed E-state index contributed by atoms with van der Waals surface area (Å²) < 4.78 is 5.69. The zero-order chi connectivity index (χ0) is 16.4. The van der Waals surface area contributed by atoms with E-state index in [2.05, 4.69) is 0 Å². The second kappa shape index (κ2) is 6.44. The van der Waals surface area contributed by atoms with Crippen molar-refractivity contribution in [2.75, 3.05) is 13.1 Å². The average molecular weight is 315 g/mol. The van der Waals surface area contributed by atoms with Gasteiger partial charge in [0, 0.05) is 24.9 Å². The van der Waals surface area contributed by atoms with Crippen molar-refractivity contribution in [2.24, 2.45) is 5.92 Å². The highest BCUT2D eigenvalue weighted by Gasteiger charge is 2.26. The maximum atomic E-state index is 12.7. The van der Waals surface area contributed by atoms with E-state index in [0.29, 0.717) is 25.3 Å². The van der Waals surface area contributed by atoms with E-state index in [1.165, 1.54) is 0 Å². The number of hydrogen-bond acceptors (Lipinski definition) is 3. The molecule has 122 valence electrons. The summed E-state index contributed by atoms with van der Waals surface area (Å²) in [6, 6.07) is 7.64. The molecule has 0 bridgehead atoms. The Bertz CT molecular complexity index is 734. The molecule has 2 aromatic rings. The van der Waals surface area contributed by atoms with E-state index in [0.717, 1.165) is 29.4 Å². The predicted octanol–water partition coefficient (Wildman–Crippen LogP) is 3.46. The molecule has 1 aromatic carbocycles. The highest BCUT2D eigenvalue weighted by Crippen LogP contribution is 2.25. The van der Waals surface area contributed by atoms with Gasteiger partial charge in [-0.3, -0.25) is 9.59 Å². The fourth-order valence-corrected chi connectivity index (χ4v) is 3.24. The van der Waals surface area contributed by atoms with Gasteiger partial charge in [-0.05, 0) is 50.3 Å². The van der Waals surface area contributed by atoms with Crippen LogP contribution < -0.4 is 0 Å². The number of aryl methyl sites for hydroxylation is 1. The van der Waals surface area contributed by atoms with Crippen LogP contribution in [0.2, 0.25) is 0 Å². The van der Waals surface area contributed by atoms with E-state index >= 15 is 0 Å². The van der Waals surface area contributed by atoms with E-state index in [9.17, 15) is 9.59 Å². The van der Waals surface area contributed by atoms with Crippen molar-refractivity contribution in [3.63, 3.8) is 0 Å². The van der Waals surface area contributed by atoms with Crippen LogP contribution in [0.4, 0.5) is 0 Å². The first-order valence-corrected chi connectivity index (χ1v) is 8.04. The first kappa shape index (κ1) is 15.6. The van der Waals surface area contributed by atoms with Gasteiger partial charge in [0.1, 0.15) is 5.58 Å². The second-order valence-electron chi connectivity index (χ2n) is 6.34.